The molecule has 5 aromatic rings. The van der Waals surface area contributed by atoms with E-state index < -0.39 is 0 Å². The minimum atomic E-state index is -0.151. The summed E-state index contributed by atoms with van der Waals surface area (Å²) in [5.41, 5.74) is 4.79. The highest BCUT2D eigenvalue weighted by Crippen LogP contribution is 2.26. The number of aryl methyl sites for hydroxylation is 2. The van der Waals surface area contributed by atoms with E-state index in [0.29, 0.717) is 27.6 Å². The lowest BCUT2D eigenvalue weighted by atomic mass is 10.0. The quantitative estimate of drug-likeness (QED) is 0.243. The molecular weight excluding hydrogens is 472 g/mol. The van der Waals surface area contributed by atoms with Gasteiger partial charge in [-0.15, -0.1) is 10.2 Å². The fourth-order valence-electron chi connectivity index (χ4n) is 4.93. The molecule has 0 unspecified atom stereocenters. The van der Waals surface area contributed by atoms with Gasteiger partial charge in [0.1, 0.15) is 5.75 Å². The van der Waals surface area contributed by atoms with Crippen molar-refractivity contribution in [1.29, 1.82) is 0 Å². The van der Waals surface area contributed by atoms with E-state index in [1.165, 1.54) is 22.9 Å². The zero-order valence-corrected chi connectivity index (χ0v) is 20.6. The topological polar surface area (TPSA) is 78.5 Å². The first kappa shape index (κ1) is 22.5. The molecule has 0 spiro atoms. The third-order valence-electron chi connectivity index (χ3n) is 6.75. The van der Waals surface area contributed by atoms with Crippen LogP contribution in [0.4, 0.5) is 0 Å². The van der Waals surface area contributed by atoms with E-state index in [-0.39, 0.29) is 23.6 Å². The van der Waals surface area contributed by atoms with Gasteiger partial charge in [0.15, 0.2) is 10.9 Å². The van der Waals surface area contributed by atoms with Crippen molar-refractivity contribution in [2.75, 3.05) is 12.9 Å². The smallest absolute Gasteiger partial charge is 0.263 e. The number of carbonyl (C=O) groups is 1. The summed E-state index contributed by atoms with van der Waals surface area (Å²) in [6.45, 7) is 0.286. The predicted octanol–water partition coefficient (Wildman–Crippen LogP) is 4.56. The molecule has 0 N–H and O–H groups in total. The Morgan fingerprint density at radius 1 is 1.00 bits per heavy atom. The molecule has 3 aromatic carbocycles. The Kier molecular flexibility index (Phi) is 5.81. The molecular formula is C28H24N4O3S. The van der Waals surface area contributed by atoms with Crippen molar-refractivity contribution in [1.82, 2.24) is 19.2 Å². The van der Waals surface area contributed by atoms with Crippen molar-refractivity contribution in [3.05, 3.63) is 99.3 Å². The van der Waals surface area contributed by atoms with Gasteiger partial charge >= 0.3 is 0 Å². The van der Waals surface area contributed by atoms with E-state index >= 15 is 0 Å². The summed E-state index contributed by atoms with van der Waals surface area (Å²) in [7, 11) is 1.61. The maximum atomic E-state index is 13.5. The van der Waals surface area contributed by atoms with E-state index in [1.807, 2.05) is 59.0 Å². The second-order valence-electron chi connectivity index (χ2n) is 8.89. The summed E-state index contributed by atoms with van der Waals surface area (Å²) in [6, 6.07) is 21.1. The van der Waals surface area contributed by atoms with Gasteiger partial charge in [0.2, 0.25) is 5.78 Å². The summed E-state index contributed by atoms with van der Waals surface area (Å²) >= 11 is 1.34. The van der Waals surface area contributed by atoms with Crippen molar-refractivity contribution in [3.63, 3.8) is 0 Å². The van der Waals surface area contributed by atoms with Crippen LogP contribution >= 0.6 is 11.8 Å². The van der Waals surface area contributed by atoms with Crippen molar-refractivity contribution in [3.8, 4) is 5.75 Å². The molecule has 0 saturated heterocycles. The number of benzene rings is 3. The highest BCUT2D eigenvalue weighted by molar-refractivity contribution is 7.99. The average Bonchev–Trinajstić information content (AvgIpc) is 3.56. The Labute approximate surface area is 211 Å². The lowest BCUT2D eigenvalue weighted by molar-refractivity contribution is 0.102. The van der Waals surface area contributed by atoms with Crippen LogP contribution in [0, 0.1) is 0 Å². The molecule has 7 nitrogen and oxygen atoms in total. The average molecular weight is 497 g/mol. The molecule has 36 heavy (non-hydrogen) atoms. The summed E-state index contributed by atoms with van der Waals surface area (Å²) in [6.07, 6.45) is 3.28. The summed E-state index contributed by atoms with van der Waals surface area (Å²) in [5.74, 6) is 1.42. The minimum absolute atomic E-state index is 0.0538. The zero-order valence-electron chi connectivity index (χ0n) is 19.8. The van der Waals surface area contributed by atoms with Crippen LogP contribution in [0.25, 0.3) is 16.7 Å². The molecule has 1 aliphatic rings. The predicted molar refractivity (Wildman–Crippen MR) is 140 cm³/mol. The maximum absolute atomic E-state index is 13.5. The number of fused-ring (bicyclic) bond motifs is 4. The molecule has 1 aliphatic carbocycles. The Balaban J connectivity index is 1.39. The largest absolute Gasteiger partial charge is 0.496 e. The summed E-state index contributed by atoms with van der Waals surface area (Å²) in [5, 5.41) is 9.90. The van der Waals surface area contributed by atoms with Crippen molar-refractivity contribution in [2.45, 2.75) is 31.0 Å². The summed E-state index contributed by atoms with van der Waals surface area (Å²) in [4.78, 5) is 26.5. The Morgan fingerprint density at radius 3 is 2.69 bits per heavy atom. The second-order valence-corrected chi connectivity index (χ2v) is 9.83. The van der Waals surface area contributed by atoms with Gasteiger partial charge in [0.25, 0.3) is 5.56 Å². The van der Waals surface area contributed by atoms with Gasteiger partial charge in [-0.3, -0.25) is 18.6 Å². The fraction of sp³-hybridized carbons (Fsp3) is 0.214. The van der Waals surface area contributed by atoms with E-state index in [4.69, 9.17) is 4.74 Å². The molecule has 0 bridgehead atoms. The molecule has 8 heteroatoms. The summed E-state index contributed by atoms with van der Waals surface area (Å²) < 4.78 is 8.98. The number of ketones is 1. The van der Waals surface area contributed by atoms with Crippen LogP contribution in [-0.4, -0.2) is 37.8 Å². The van der Waals surface area contributed by atoms with E-state index in [9.17, 15) is 9.59 Å². The standard InChI is InChI=1S/C28H24N4O3S/c1-35-25-12-5-2-7-21(25)16-31-26(34)22-10-3-4-11-23(22)32-27(31)29-30-28(32)36-17-24(33)20-14-13-18-8-6-9-19(18)15-20/h2-5,7,10-15H,6,8-9,16-17H2,1H3. The molecule has 0 fully saturated rings. The molecule has 2 heterocycles. The number of ether oxygens (including phenoxy) is 1. The van der Waals surface area contributed by atoms with Crippen molar-refractivity contribution in [2.24, 2.45) is 0 Å². The molecule has 2 aromatic heterocycles. The fourth-order valence-corrected chi connectivity index (χ4v) is 5.77. The van der Waals surface area contributed by atoms with Crippen LogP contribution in [0.15, 0.2) is 76.7 Å². The molecule has 0 atom stereocenters. The van der Waals surface area contributed by atoms with Gasteiger partial charge in [-0.1, -0.05) is 54.2 Å². The highest BCUT2D eigenvalue weighted by atomic mass is 32.2. The number of hydrogen-bond donors (Lipinski definition) is 0. The number of carbonyl (C=O) groups excluding carboxylic acids is 1. The highest BCUT2D eigenvalue weighted by Gasteiger charge is 2.20. The third-order valence-corrected chi connectivity index (χ3v) is 7.68. The lowest BCUT2D eigenvalue weighted by Crippen LogP contribution is -2.24. The van der Waals surface area contributed by atoms with Gasteiger partial charge in [-0.2, -0.15) is 0 Å². The van der Waals surface area contributed by atoms with E-state index in [2.05, 4.69) is 16.3 Å². The first-order valence-electron chi connectivity index (χ1n) is 11.9. The van der Waals surface area contributed by atoms with Crippen LogP contribution in [0.2, 0.25) is 0 Å². The molecule has 0 radical (unpaired) electrons. The van der Waals surface area contributed by atoms with E-state index in [0.717, 1.165) is 30.4 Å². The number of rotatable bonds is 7. The number of hydrogen-bond acceptors (Lipinski definition) is 6. The number of aromatic nitrogens is 4. The van der Waals surface area contributed by atoms with Crippen molar-refractivity contribution < 1.29 is 9.53 Å². The second kappa shape index (κ2) is 9.28. The van der Waals surface area contributed by atoms with Crippen LogP contribution < -0.4 is 10.3 Å². The number of para-hydroxylation sites is 2. The van der Waals surface area contributed by atoms with Crippen LogP contribution in [0.5, 0.6) is 5.75 Å². The Morgan fingerprint density at radius 2 is 1.81 bits per heavy atom. The van der Waals surface area contributed by atoms with Gasteiger partial charge in [0.05, 0.1) is 30.3 Å². The zero-order chi connectivity index (χ0) is 24.6. The molecule has 0 aliphatic heterocycles. The number of thioether (sulfide) groups is 1. The van der Waals surface area contributed by atoms with Gasteiger partial charge in [0, 0.05) is 11.1 Å². The van der Waals surface area contributed by atoms with Crippen LogP contribution in [-0.2, 0) is 19.4 Å². The monoisotopic (exact) mass is 496 g/mol. The lowest BCUT2D eigenvalue weighted by Gasteiger charge is -2.13. The number of Topliss-reactive ketones (excluding diaryl/α,β-unsaturated/α-hetero) is 1. The first-order chi connectivity index (χ1) is 17.6. The van der Waals surface area contributed by atoms with Crippen molar-refractivity contribution >= 4 is 34.2 Å². The van der Waals surface area contributed by atoms with Crippen LogP contribution in [0.3, 0.4) is 0 Å². The SMILES string of the molecule is COc1ccccc1Cn1c(=O)c2ccccc2n2c(SCC(=O)c3ccc4c(c3)CCC4)nnc12. The molecule has 180 valence electrons. The molecule has 0 saturated carbocycles. The Hall–Kier alpha value is -3.91. The first-order valence-corrected chi connectivity index (χ1v) is 12.9. The van der Waals surface area contributed by atoms with Gasteiger partial charge in [-0.05, 0) is 54.7 Å². The minimum Gasteiger partial charge on any atom is -0.496 e. The Bertz CT molecular complexity index is 1690. The number of nitrogens with zero attached hydrogens (tertiary/aromatic N) is 4. The van der Waals surface area contributed by atoms with Gasteiger partial charge < -0.3 is 4.74 Å². The maximum Gasteiger partial charge on any atom is 0.263 e. The number of methoxy groups -OCH3 is 1. The van der Waals surface area contributed by atoms with Crippen LogP contribution in [0.1, 0.15) is 33.5 Å². The third kappa shape index (κ3) is 3.87. The molecule has 0 amide bonds. The molecule has 6 rings (SSSR count). The normalized spacial score (nSPS) is 12.8. The van der Waals surface area contributed by atoms with Gasteiger partial charge in [-0.25, -0.2) is 0 Å². The van der Waals surface area contributed by atoms with E-state index in [1.54, 1.807) is 17.7 Å².